The van der Waals surface area contributed by atoms with Crippen LogP contribution in [0.15, 0.2) is 24.4 Å². The van der Waals surface area contributed by atoms with Crippen LogP contribution in [0.1, 0.15) is 30.7 Å². The molecule has 1 N–H and O–H groups in total. The summed E-state index contributed by atoms with van der Waals surface area (Å²) in [4.78, 5) is 7.34. The van der Waals surface area contributed by atoms with Gasteiger partial charge in [-0.2, -0.15) is 5.26 Å². The molecule has 0 spiro atoms. The molecule has 0 saturated carbocycles. The van der Waals surface area contributed by atoms with E-state index in [4.69, 9.17) is 5.26 Å². The van der Waals surface area contributed by atoms with E-state index in [1.165, 1.54) is 6.07 Å². The molecule has 0 aliphatic heterocycles. The Morgan fingerprint density at radius 2 is 2.28 bits per heavy atom. The number of aryl methyl sites for hydroxylation is 1. The number of rotatable bonds is 3. The summed E-state index contributed by atoms with van der Waals surface area (Å²) < 4.78 is 13.2. The molecule has 0 aliphatic carbocycles. The Bertz CT molecular complexity index is 595. The van der Waals surface area contributed by atoms with Crippen LogP contribution in [0.3, 0.4) is 0 Å². The van der Waals surface area contributed by atoms with Gasteiger partial charge in [-0.25, -0.2) is 9.37 Å². The molecule has 2 aromatic rings. The minimum atomic E-state index is -0.222. The highest BCUT2D eigenvalue weighted by molar-refractivity contribution is 5.59. The van der Waals surface area contributed by atoms with Gasteiger partial charge >= 0.3 is 0 Å². The van der Waals surface area contributed by atoms with Gasteiger partial charge in [0.25, 0.3) is 0 Å². The van der Waals surface area contributed by atoms with Gasteiger partial charge < -0.3 is 4.98 Å². The lowest BCUT2D eigenvalue weighted by atomic mass is 10.1. The lowest BCUT2D eigenvalue weighted by Crippen LogP contribution is -1.96. The van der Waals surface area contributed by atoms with Gasteiger partial charge in [0.15, 0.2) is 0 Å². The smallest absolute Gasteiger partial charge is 0.126 e. The van der Waals surface area contributed by atoms with Crippen molar-refractivity contribution in [3.63, 3.8) is 0 Å². The van der Waals surface area contributed by atoms with Crippen LogP contribution in [0.4, 0.5) is 4.39 Å². The maximum absolute atomic E-state index is 13.2. The van der Waals surface area contributed by atoms with Gasteiger partial charge in [0.1, 0.15) is 17.6 Å². The van der Waals surface area contributed by atoms with Gasteiger partial charge in [0.05, 0.1) is 18.0 Å². The summed E-state index contributed by atoms with van der Waals surface area (Å²) >= 11 is 0. The third kappa shape index (κ3) is 2.25. The predicted molar refractivity (Wildman–Crippen MR) is 67.4 cm³/mol. The second-order valence-electron chi connectivity index (χ2n) is 4.24. The number of hydrogen-bond acceptors (Lipinski definition) is 2. The minimum absolute atomic E-state index is 0.220. The van der Waals surface area contributed by atoms with E-state index in [2.05, 4.69) is 16.0 Å². The number of nitrogens with zero attached hydrogens (tertiary/aromatic N) is 2. The van der Waals surface area contributed by atoms with E-state index in [1.54, 1.807) is 25.3 Å². The number of nitriles is 1. The number of nitrogens with one attached hydrogen (secondary N) is 1. The van der Waals surface area contributed by atoms with Gasteiger partial charge in [-0.1, -0.05) is 6.92 Å². The van der Waals surface area contributed by atoms with Crippen LogP contribution < -0.4 is 0 Å². The Balaban J connectivity index is 2.35. The maximum Gasteiger partial charge on any atom is 0.126 e. The molecule has 2 rings (SSSR count). The van der Waals surface area contributed by atoms with Crippen LogP contribution in [-0.4, -0.2) is 9.97 Å². The summed E-state index contributed by atoms with van der Waals surface area (Å²) in [5.74, 6) is 0.222. The lowest BCUT2D eigenvalue weighted by molar-refractivity contribution is 0.619. The number of halogens is 1. The molecule has 0 aliphatic rings. The molecule has 0 amide bonds. The number of aromatic nitrogens is 2. The fourth-order valence-electron chi connectivity index (χ4n) is 1.82. The molecule has 0 radical (unpaired) electrons. The minimum Gasteiger partial charge on any atom is -0.341 e. The van der Waals surface area contributed by atoms with Crippen LogP contribution in [0, 0.1) is 24.1 Å². The topological polar surface area (TPSA) is 52.5 Å². The molecule has 1 aromatic heterocycles. The molecular formula is C14H14FN3. The molecule has 4 heteroatoms. The second-order valence-corrected chi connectivity index (χ2v) is 4.24. The van der Waals surface area contributed by atoms with Gasteiger partial charge in [0, 0.05) is 5.56 Å². The quantitative estimate of drug-likeness (QED) is 0.896. The number of hydrogen-bond donors (Lipinski definition) is 1. The molecule has 1 atom stereocenters. The van der Waals surface area contributed by atoms with Crippen LogP contribution in [-0.2, 0) is 0 Å². The Labute approximate surface area is 105 Å². The summed E-state index contributed by atoms with van der Waals surface area (Å²) in [5.41, 5.74) is 2.28. The molecule has 0 fully saturated rings. The molecule has 92 valence electrons. The van der Waals surface area contributed by atoms with Crippen LogP contribution in [0.25, 0.3) is 11.3 Å². The molecule has 1 unspecified atom stereocenters. The number of imidazole rings is 1. The zero-order valence-electron chi connectivity index (χ0n) is 10.4. The lowest BCUT2D eigenvalue weighted by Gasteiger charge is -2.02. The molecule has 0 saturated heterocycles. The van der Waals surface area contributed by atoms with Crippen molar-refractivity contribution in [1.29, 1.82) is 5.26 Å². The van der Waals surface area contributed by atoms with E-state index in [1.807, 2.05) is 6.92 Å². The monoisotopic (exact) mass is 243 g/mol. The first-order valence-electron chi connectivity index (χ1n) is 5.86. The van der Waals surface area contributed by atoms with E-state index < -0.39 is 0 Å². The zero-order valence-corrected chi connectivity index (χ0v) is 10.4. The molecule has 0 bridgehead atoms. The summed E-state index contributed by atoms with van der Waals surface area (Å²) in [5, 5.41) is 8.98. The van der Waals surface area contributed by atoms with Gasteiger partial charge in [-0.15, -0.1) is 0 Å². The molecule has 3 nitrogen and oxygen atoms in total. The Hall–Kier alpha value is -2.15. The van der Waals surface area contributed by atoms with Gasteiger partial charge in [-0.3, -0.25) is 0 Å². The van der Waals surface area contributed by atoms with E-state index in [0.29, 0.717) is 17.8 Å². The average Bonchev–Trinajstić information content (AvgIpc) is 2.84. The first-order chi connectivity index (χ1) is 8.65. The van der Waals surface area contributed by atoms with Crippen LogP contribution in [0.2, 0.25) is 0 Å². The molecule has 1 heterocycles. The first-order valence-corrected chi connectivity index (χ1v) is 5.86. The Kier molecular flexibility index (Phi) is 3.42. The van der Waals surface area contributed by atoms with E-state index >= 15 is 0 Å². The third-order valence-electron chi connectivity index (χ3n) is 2.96. The predicted octanol–water partition coefficient (Wildman–Crippen LogP) is 3.54. The van der Waals surface area contributed by atoms with Crippen LogP contribution >= 0.6 is 0 Å². The summed E-state index contributed by atoms with van der Waals surface area (Å²) in [6.07, 6.45) is 2.40. The Morgan fingerprint density at radius 1 is 1.50 bits per heavy atom. The van der Waals surface area contributed by atoms with E-state index in [0.717, 1.165) is 11.3 Å². The normalized spacial score (nSPS) is 12.1. The molecular weight excluding hydrogens is 229 g/mol. The molecule has 1 aromatic carbocycles. The highest BCUT2D eigenvalue weighted by atomic mass is 19.1. The standard InChI is InChI=1S/C14H14FN3/c1-3-10(7-16)14-17-8-13(18-14)11-4-5-12(15)9(2)6-11/h4-6,8,10H,3H2,1-2H3,(H,17,18). The van der Waals surface area contributed by atoms with Crippen LogP contribution in [0.5, 0.6) is 0 Å². The van der Waals surface area contributed by atoms with Crippen molar-refractivity contribution < 1.29 is 4.39 Å². The number of benzene rings is 1. The van der Waals surface area contributed by atoms with Crippen molar-refractivity contribution in [2.24, 2.45) is 0 Å². The highest BCUT2D eigenvalue weighted by Crippen LogP contribution is 2.23. The SMILES string of the molecule is CCC(C#N)c1ncc(-c2ccc(F)c(C)c2)[nH]1. The van der Waals surface area contributed by atoms with Crippen molar-refractivity contribution in [3.8, 4) is 17.3 Å². The van der Waals surface area contributed by atoms with Crippen molar-refractivity contribution >= 4 is 0 Å². The highest BCUT2D eigenvalue weighted by Gasteiger charge is 2.13. The summed E-state index contributed by atoms with van der Waals surface area (Å²) in [7, 11) is 0. The van der Waals surface area contributed by atoms with E-state index in [9.17, 15) is 4.39 Å². The second kappa shape index (κ2) is 5.01. The Morgan fingerprint density at radius 3 is 2.89 bits per heavy atom. The average molecular weight is 243 g/mol. The summed E-state index contributed by atoms with van der Waals surface area (Å²) in [6, 6.07) is 7.10. The fraction of sp³-hybridized carbons (Fsp3) is 0.286. The fourth-order valence-corrected chi connectivity index (χ4v) is 1.82. The number of H-pyrrole nitrogens is 1. The molecule has 18 heavy (non-hydrogen) atoms. The van der Waals surface area contributed by atoms with Crippen molar-refractivity contribution in [2.75, 3.05) is 0 Å². The largest absolute Gasteiger partial charge is 0.341 e. The third-order valence-corrected chi connectivity index (χ3v) is 2.96. The van der Waals surface area contributed by atoms with Gasteiger partial charge in [-0.05, 0) is 37.1 Å². The maximum atomic E-state index is 13.2. The van der Waals surface area contributed by atoms with Crippen molar-refractivity contribution in [1.82, 2.24) is 9.97 Å². The zero-order chi connectivity index (χ0) is 13.1. The first kappa shape index (κ1) is 12.3. The number of aromatic amines is 1. The van der Waals surface area contributed by atoms with E-state index in [-0.39, 0.29) is 11.7 Å². The van der Waals surface area contributed by atoms with Gasteiger partial charge in [0.2, 0.25) is 0 Å². The van der Waals surface area contributed by atoms with Crippen molar-refractivity contribution in [3.05, 3.63) is 41.6 Å². The summed E-state index contributed by atoms with van der Waals surface area (Å²) in [6.45, 7) is 3.67. The van der Waals surface area contributed by atoms with Crippen molar-refractivity contribution in [2.45, 2.75) is 26.2 Å².